The van der Waals surface area contributed by atoms with Crippen LogP contribution in [0.15, 0.2) is 24.3 Å². The van der Waals surface area contributed by atoms with Crippen molar-refractivity contribution in [2.45, 2.75) is 25.7 Å². The topological polar surface area (TPSA) is 134 Å². The van der Waals surface area contributed by atoms with Gasteiger partial charge in [0.05, 0.1) is 26.4 Å². The molecule has 1 rings (SSSR count). The van der Waals surface area contributed by atoms with Crippen LogP contribution in [0.25, 0.3) is 0 Å². The summed E-state index contributed by atoms with van der Waals surface area (Å²) in [7, 11) is 0. The average Bonchev–Trinajstić information content (AvgIpc) is 2.74. The number of amides is 2. The van der Waals surface area contributed by atoms with E-state index < -0.39 is 0 Å². The predicted molar refractivity (Wildman–Crippen MR) is 114 cm³/mol. The molecule has 0 radical (unpaired) electrons. The largest absolute Gasteiger partial charge is 0.395 e. The summed E-state index contributed by atoms with van der Waals surface area (Å²) in [6.07, 6.45) is 2.05. The Hall–Kier alpha value is -2.20. The molecule has 0 aliphatic rings. The zero-order chi connectivity index (χ0) is 22.2. The van der Waals surface area contributed by atoms with Gasteiger partial charge in [-0.15, -0.1) is 0 Å². The Morgan fingerprint density at radius 2 is 1.20 bits per heavy atom. The summed E-state index contributed by atoms with van der Waals surface area (Å²) in [4.78, 5) is 27.1. The van der Waals surface area contributed by atoms with Crippen molar-refractivity contribution in [3.63, 3.8) is 0 Å². The maximum absolute atomic E-state index is 12.1. The van der Waals surface area contributed by atoms with Crippen molar-refractivity contribution in [1.29, 1.82) is 0 Å². The van der Waals surface area contributed by atoms with E-state index >= 15 is 0 Å². The second-order valence-electron chi connectivity index (χ2n) is 6.88. The predicted octanol–water partition coefficient (Wildman–Crippen LogP) is -0.562. The van der Waals surface area contributed by atoms with Crippen LogP contribution >= 0.6 is 0 Å². The smallest absolute Gasteiger partial charge is 0.224 e. The lowest BCUT2D eigenvalue weighted by molar-refractivity contribution is -0.132. The molecule has 0 saturated carbocycles. The Morgan fingerprint density at radius 1 is 0.733 bits per heavy atom. The number of benzene rings is 1. The third-order valence-electron chi connectivity index (χ3n) is 4.66. The van der Waals surface area contributed by atoms with Gasteiger partial charge in [0.25, 0.3) is 0 Å². The first-order chi connectivity index (χ1) is 14.5. The van der Waals surface area contributed by atoms with E-state index in [2.05, 4.69) is 5.32 Å². The molecule has 2 amide bonds. The van der Waals surface area contributed by atoms with Crippen molar-refractivity contribution >= 4 is 17.5 Å². The van der Waals surface area contributed by atoms with Crippen LogP contribution < -0.4 is 5.32 Å². The van der Waals surface area contributed by atoms with Crippen molar-refractivity contribution in [3.8, 4) is 0 Å². The average molecular weight is 426 g/mol. The number of nitrogens with zero attached hydrogens (tertiary/aromatic N) is 2. The first-order valence-corrected chi connectivity index (χ1v) is 10.4. The molecule has 0 aliphatic carbocycles. The van der Waals surface area contributed by atoms with Gasteiger partial charge in [-0.25, -0.2) is 0 Å². The van der Waals surface area contributed by atoms with Crippen LogP contribution in [0.4, 0.5) is 5.69 Å². The molecule has 0 aliphatic heterocycles. The lowest BCUT2D eigenvalue weighted by Gasteiger charge is -2.21. The Morgan fingerprint density at radius 3 is 1.67 bits per heavy atom. The van der Waals surface area contributed by atoms with Gasteiger partial charge in [0.2, 0.25) is 11.8 Å². The van der Waals surface area contributed by atoms with Crippen LogP contribution in [-0.4, -0.2) is 101 Å². The SMILES string of the molecule is O=C(CCCc1ccc(NCCC(=O)N(CCO)CCO)cc1)N(CCO)CCO. The van der Waals surface area contributed by atoms with Crippen molar-refractivity contribution in [3.05, 3.63) is 29.8 Å². The molecule has 30 heavy (non-hydrogen) atoms. The molecule has 1 aromatic rings. The van der Waals surface area contributed by atoms with E-state index in [1.807, 2.05) is 24.3 Å². The van der Waals surface area contributed by atoms with Crippen LogP contribution in [-0.2, 0) is 16.0 Å². The van der Waals surface area contributed by atoms with E-state index in [-0.39, 0.29) is 70.8 Å². The summed E-state index contributed by atoms with van der Waals surface area (Å²) in [6.45, 7) is 0.855. The summed E-state index contributed by atoms with van der Waals surface area (Å²) >= 11 is 0. The number of aryl methyl sites for hydroxylation is 1. The van der Waals surface area contributed by atoms with E-state index in [4.69, 9.17) is 20.4 Å². The third-order valence-corrected chi connectivity index (χ3v) is 4.66. The van der Waals surface area contributed by atoms with Gasteiger partial charge in [0.15, 0.2) is 0 Å². The number of carbonyl (C=O) groups excluding carboxylic acids is 2. The molecule has 0 aromatic heterocycles. The number of hydrogen-bond donors (Lipinski definition) is 5. The minimum absolute atomic E-state index is 0.0718. The quantitative estimate of drug-likeness (QED) is 0.240. The minimum atomic E-state index is -0.132. The number of nitrogens with one attached hydrogen (secondary N) is 1. The van der Waals surface area contributed by atoms with Gasteiger partial charge in [0, 0.05) is 51.3 Å². The fourth-order valence-corrected chi connectivity index (χ4v) is 3.07. The van der Waals surface area contributed by atoms with Gasteiger partial charge in [0.1, 0.15) is 0 Å². The first kappa shape index (κ1) is 25.8. The maximum Gasteiger partial charge on any atom is 0.224 e. The Kier molecular flexibility index (Phi) is 13.4. The molecule has 1 aromatic carbocycles. The Bertz CT molecular complexity index is 546. The Labute approximate surface area is 177 Å². The Balaban J connectivity index is 2.36. The van der Waals surface area contributed by atoms with E-state index in [1.165, 1.54) is 9.80 Å². The van der Waals surface area contributed by atoms with Gasteiger partial charge in [-0.05, 0) is 30.5 Å². The highest BCUT2D eigenvalue weighted by molar-refractivity contribution is 5.77. The lowest BCUT2D eigenvalue weighted by Crippen LogP contribution is -2.36. The van der Waals surface area contributed by atoms with Crippen LogP contribution in [0.2, 0.25) is 0 Å². The highest BCUT2D eigenvalue weighted by Crippen LogP contribution is 2.12. The van der Waals surface area contributed by atoms with Gasteiger partial charge in [-0.3, -0.25) is 9.59 Å². The highest BCUT2D eigenvalue weighted by Gasteiger charge is 2.13. The monoisotopic (exact) mass is 425 g/mol. The van der Waals surface area contributed by atoms with E-state index in [1.54, 1.807) is 0 Å². The number of carbonyl (C=O) groups is 2. The summed E-state index contributed by atoms with van der Waals surface area (Å²) in [5.74, 6) is -0.194. The molecule has 9 heteroatoms. The van der Waals surface area contributed by atoms with Crippen LogP contribution in [0, 0.1) is 0 Å². The van der Waals surface area contributed by atoms with Crippen molar-refractivity contribution < 1.29 is 30.0 Å². The van der Waals surface area contributed by atoms with Gasteiger partial charge in [-0.2, -0.15) is 0 Å². The minimum Gasteiger partial charge on any atom is -0.395 e. The van der Waals surface area contributed by atoms with Crippen LogP contribution in [0.3, 0.4) is 0 Å². The molecule has 9 nitrogen and oxygen atoms in total. The molecule has 0 atom stereocenters. The molecule has 0 saturated heterocycles. The molecular weight excluding hydrogens is 390 g/mol. The lowest BCUT2D eigenvalue weighted by atomic mass is 10.1. The summed E-state index contributed by atoms with van der Waals surface area (Å²) in [6, 6.07) is 7.78. The number of aliphatic hydroxyl groups excluding tert-OH is 4. The summed E-state index contributed by atoms with van der Waals surface area (Å²) in [5.41, 5.74) is 1.98. The summed E-state index contributed by atoms with van der Waals surface area (Å²) < 4.78 is 0. The summed E-state index contributed by atoms with van der Waals surface area (Å²) in [5, 5.41) is 39.1. The number of aliphatic hydroxyl groups is 4. The van der Waals surface area contributed by atoms with Gasteiger partial charge >= 0.3 is 0 Å². The standard InChI is InChI=1S/C21H35N3O6/c25-14-10-23(11-15-26)20(29)3-1-2-18-4-6-19(7-5-18)22-9-8-21(30)24(12-16-27)13-17-28/h4-7,22,25-28H,1-3,8-17H2. The van der Waals surface area contributed by atoms with Crippen molar-refractivity contribution in [2.75, 3.05) is 64.5 Å². The number of hydrogen-bond acceptors (Lipinski definition) is 7. The molecule has 0 heterocycles. The maximum atomic E-state index is 12.1. The molecule has 0 spiro atoms. The zero-order valence-corrected chi connectivity index (χ0v) is 17.5. The number of anilines is 1. The zero-order valence-electron chi connectivity index (χ0n) is 17.5. The molecule has 0 unspecified atom stereocenters. The van der Waals surface area contributed by atoms with E-state index in [0.29, 0.717) is 19.4 Å². The second-order valence-corrected chi connectivity index (χ2v) is 6.88. The fraction of sp³-hybridized carbons (Fsp3) is 0.619. The second kappa shape index (κ2) is 15.6. The van der Waals surface area contributed by atoms with Gasteiger partial charge < -0.3 is 35.5 Å². The number of rotatable bonds is 16. The normalized spacial score (nSPS) is 10.7. The molecular formula is C21H35N3O6. The fourth-order valence-electron chi connectivity index (χ4n) is 3.07. The first-order valence-electron chi connectivity index (χ1n) is 10.4. The van der Waals surface area contributed by atoms with Crippen molar-refractivity contribution in [2.24, 2.45) is 0 Å². The van der Waals surface area contributed by atoms with Gasteiger partial charge in [-0.1, -0.05) is 12.1 Å². The highest BCUT2D eigenvalue weighted by atomic mass is 16.3. The van der Waals surface area contributed by atoms with Crippen LogP contribution in [0.1, 0.15) is 24.8 Å². The molecule has 0 fully saturated rings. The van der Waals surface area contributed by atoms with Crippen molar-refractivity contribution in [1.82, 2.24) is 9.80 Å². The molecule has 5 N–H and O–H groups in total. The molecule has 170 valence electrons. The van der Waals surface area contributed by atoms with E-state index in [9.17, 15) is 9.59 Å². The van der Waals surface area contributed by atoms with Crippen LogP contribution in [0.5, 0.6) is 0 Å². The van der Waals surface area contributed by atoms with E-state index in [0.717, 1.165) is 17.7 Å². The third kappa shape index (κ3) is 10.0. The molecule has 0 bridgehead atoms.